The highest BCUT2D eigenvalue weighted by Crippen LogP contribution is 2.40. The molecule has 0 saturated carbocycles. The molecule has 0 bridgehead atoms. The number of rotatable bonds is 3. The van der Waals surface area contributed by atoms with E-state index in [1.54, 1.807) is 7.11 Å². The zero-order chi connectivity index (χ0) is 14.0. The maximum atomic E-state index is 12.5. The molecule has 0 spiro atoms. The normalized spacial score (nSPS) is 16.7. The molecule has 1 N–H and O–H groups in total. The summed E-state index contributed by atoms with van der Waals surface area (Å²) < 4.78 is 6.20. The van der Waals surface area contributed by atoms with Crippen LogP contribution in [0.15, 0.2) is 4.47 Å². The summed E-state index contributed by atoms with van der Waals surface area (Å²) in [4.78, 5) is 16.1. The summed E-state index contributed by atoms with van der Waals surface area (Å²) in [7, 11) is 1.58. The van der Waals surface area contributed by atoms with E-state index >= 15 is 0 Å². The molecule has 0 unspecified atom stereocenters. The molecule has 6 heteroatoms. The molecule has 1 aliphatic heterocycles. The standard InChI is InChI=1S/C13H18BrNO3S/c1-8-10(14)11(18-2)12(19-8)13(17)15-5-3-9(7-16)4-6-15/h9,16H,3-7H2,1-2H3. The minimum atomic E-state index is 0.0343. The Balaban J connectivity index is 2.14. The van der Waals surface area contributed by atoms with Crippen LogP contribution < -0.4 is 4.74 Å². The van der Waals surface area contributed by atoms with Crippen molar-refractivity contribution in [2.75, 3.05) is 26.8 Å². The van der Waals surface area contributed by atoms with Crippen molar-refractivity contribution in [3.8, 4) is 5.75 Å². The molecular weight excluding hydrogens is 330 g/mol. The van der Waals surface area contributed by atoms with Crippen LogP contribution in [0.4, 0.5) is 0 Å². The molecule has 1 aromatic heterocycles. The number of aryl methyl sites for hydroxylation is 1. The number of aliphatic hydroxyl groups is 1. The second-order valence-corrected chi connectivity index (χ2v) is 6.77. The predicted molar refractivity (Wildman–Crippen MR) is 79.0 cm³/mol. The number of hydrogen-bond acceptors (Lipinski definition) is 4. The summed E-state index contributed by atoms with van der Waals surface area (Å²) in [6.45, 7) is 3.60. The van der Waals surface area contributed by atoms with Crippen LogP contribution in [-0.4, -0.2) is 42.7 Å². The molecule has 4 nitrogen and oxygen atoms in total. The van der Waals surface area contributed by atoms with Gasteiger partial charge in [-0.15, -0.1) is 11.3 Å². The van der Waals surface area contributed by atoms with Crippen LogP contribution >= 0.6 is 27.3 Å². The first kappa shape index (κ1) is 14.8. The quantitative estimate of drug-likeness (QED) is 0.914. The summed E-state index contributed by atoms with van der Waals surface area (Å²) in [5.74, 6) is 1.01. The lowest BCUT2D eigenvalue weighted by atomic mass is 9.98. The largest absolute Gasteiger partial charge is 0.494 e. The van der Waals surface area contributed by atoms with Crippen LogP contribution in [-0.2, 0) is 0 Å². The number of hydrogen-bond donors (Lipinski definition) is 1. The average Bonchev–Trinajstić information content (AvgIpc) is 2.73. The number of aliphatic hydroxyl groups excluding tert-OH is 1. The SMILES string of the molecule is COc1c(C(=O)N2CCC(CO)CC2)sc(C)c1Br. The number of ether oxygens (including phenoxy) is 1. The molecule has 1 amide bonds. The van der Waals surface area contributed by atoms with Crippen molar-refractivity contribution in [1.29, 1.82) is 0 Å². The first-order valence-corrected chi connectivity index (χ1v) is 7.92. The van der Waals surface area contributed by atoms with Gasteiger partial charge in [0.25, 0.3) is 5.91 Å². The van der Waals surface area contributed by atoms with Crippen molar-refractivity contribution in [2.45, 2.75) is 19.8 Å². The Bertz CT molecular complexity index is 467. The lowest BCUT2D eigenvalue weighted by molar-refractivity contribution is 0.0652. The number of carbonyl (C=O) groups is 1. The summed E-state index contributed by atoms with van der Waals surface area (Å²) in [6.07, 6.45) is 1.74. The number of likely N-dealkylation sites (tertiary alicyclic amines) is 1. The highest BCUT2D eigenvalue weighted by molar-refractivity contribution is 9.10. The minimum Gasteiger partial charge on any atom is -0.494 e. The van der Waals surface area contributed by atoms with Gasteiger partial charge in [0.05, 0.1) is 11.6 Å². The average molecular weight is 348 g/mol. The molecule has 0 aliphatic carbocycles. The molecule has 1 fully saturated rings. The van der Waals surface area contributed by atoms with Crippen LogP contribution in [0.3, 0.4) is 0 Å². The highest BCUT2D eigenvalue weighted by atomic mass is 79.9. The number of piperidine rings is 1. The molecule has 0 radical (unpaired) electrons. The van der Waals surface area contributed by atoms with Crippen LogP contribution in [0.1, 0.15) is 27.4 Å². The second kappa shape index (κ2) is 6.24. The van der Waals surface area contributed by atoms with E-state index in [1.165, 1.54) is 11.3 Å². The number of carbonyl (C=O) groups excluding carboxylic acids is 1. The summed E-state index contributed by atoms with van der Waals surface area (Å²) in [6, 6.07) is 0. The number of amides is 1. The number of methoxy groups -OCH3 is 1. The summed E-state index contributed by atoms with van der Waals surface area (Å²) in [5, 5.41) is 9.13. The molecular formula is C13H18BrNO3S. The molecule has 1 aromatic rings. The molecule has 1 aliphatic rings. The van der Waals surface area contributed by atoms with E-state index in [4.69, 9.17) is 9.84 Å². The Kier molecular flexibility index (Phi) is 4.86. The van der Waals surface area contributed by atoms with Gasteiger partial charge in [0.2, 0.25) is 0 Å². The fourth-order valence-electron chi connectivity index (χ4n) is 2.29. The predicted octanol–water partition coefficient (Wildman–Crippen LogP) is 2.67. The zero-order valence-corrected chi connectivity index (χ0v) is 13.5. The van der Waals surface area contributed by atoms with Crippen LogP contribution in [0.2, 0.25) is 0 Å². The lowest BCUT2D eigenvalue weighted by Gasteiger charge is -2.30. The third-order valence-corrected chi connectivity index (χ3v) is 5.82. The van der Waals surface area contributed by atoms with Gasteiger partial charge in [-0.1, -0.05) is 0 Å². The fraction of sp³-hybridized carbons (Fsp3) is 0.615. The fourth-order valence-corrected chi connectivity index (χ4v) is 4.01. The third kappa shape index (κ3) is 2.95. The van der Waals surface area contributed by atoms with E-state index in [0.717, 1.165) is 22.2 Å². The zero-order valence-electron chi connectivity index (χ0n) is 11.1. The molecule has 2 rings (SSSR count). The van der Waals surface area contributed by atoms with E-state index in [9.17, 15) is 4.79 Å². The Morgan fingerprint density at radius 3 is 2.68 bits per heavy atom. The van der Waals surface area contributed by atoms with Crippen molar-refractivity contribution in [1.82, 2.24) is 4.90 Å². The Morgan fingerprint density at radius 2 is 2.16 bits per heavy atom. The van der Waals surface area contributed by atoms with Gasteiger partial charge in [-0.2, -0.15) is 0 Å². The first-order valence-electron chi connectivity index (χ1n) is 6.31. The maximum Gasteiger partial charge on any atom is 0.267 e. The topological polar surface area (TPSA) is 49.8 Å². The van der Waals surface area contributed by atoms with Gasteiger partial charge in [0, 0.05) is 24.6 Å². The van der Waals surface area contributed by atoms with Gasteiger partial charge in [-0.05, 0) is 41.6 Å². The van der Waals surface area contributed by atoms with Gasteiger partial charge >= 0.3 is 0 Å². The van der Waals surface area contributed by atoms with E-state index in [0.29, 0.717) is 29.6 Å². The monoisotopic (exact) mass is 347 g/mol. The van der Waals surface area contributed by atoms with Crippen molar-refractivity contribution in [3.63, 3.8) is 0 Å². The van der Waals surface area contributed by atoms with Gasteiger partial charge in [0.15, 0.2) is 5.75 Å². The smallest absolute Gasteiger partial charge is 0.267 e. The van der Waals surface area contributed by atoms with Gasteiger partial charge < -0.3 is 14.7 Å². The molecule has 0 atom stereocenters. The minimum absolute atomic E-state index is 0.0343. The summed E-state index contributed by atoms with van der Waals surface area (Å²) in [5.41, 5.74) is 0. The molecule has 0 aromatic carbocycles. The van der Waals surface area contributed by atoms with Crippen molar-refractivity contribution < 1.29 is 14.6 Å². The van der Waals surface area contributed by atoms with Gasteiger partial charge in [-0.3, -0.25) is 4.79 Å². The van der Waals surface area contributed by atoms with E-state index in [-0.39, 0.29) is 12.5 Å². The number of halogens is 1. The van der Waals surface area contributed by atoms with Crippen molar-refractivity contribution >= 4 is 33.2 Å². The lowest BCUT2D eigenvalue weighted by Crippen LogP contribution is -2.39. The number of thiophene rings is 1. The number of nitrogens with zero attached hydrogens (tertiary/aromatic N) is 1. The molecule has 106 valence electrons. The van der Waals surface area contributed by atoms with E-state index < -0.39 is 0 Å². The first-order chi connectivity index (χ1) is 9.08. The molecule has 1 saturated heterocycles. The Hall–Kier alpha value is -0.590. The Labute approximate surface area is 125 Å². The van der Waals surface area contributed by atoms with Gasteiger partial charge in [0.1, 0.15) is 4.88 Å². The summed E-state index contributed by atoms with van der Waals surface area (Å²) >= 11 is 4.92. The molecule has 19 heavy (non-hydrogen) atoms. The molecule has 2 heterocycles. The highest BCUT2D eigenvalue weighted by Gasteiger charge is 2.28. The van der Waals surface area contributed by atoms with Crippen LogP contribution in [0.25, 0.3) is 0 Å². The van der Waals surface area contributed by atoms with Crippen LogP contribution in [0, 0.1) is 12.8 Å². The van der Waals surface area contributed by atoms with Crippen molar-refractivity contribution in [2.24, 2.45) is 5.92 Å². The maximum absolute atomic E-state index is 12.5. The van der Waals surface area contributed by atoms with Crippen LogP contribution in [0.5, 0.6) is 5.75 Å². The Morgan fingerprint density at radius 1 is 1.53 bits per heavy atom. The van der Waals surface area contributed by atoms with Gasteiger partial charge in [-0.25, -0.2) is 0 Å². The van der Waals surface area contributed by atoms with Crippen molar-refractivity contribution in [3.05, 3.63) is 14.2 Å². The van der Waals surface area contributed by atoms with E-state index in [1.807, 2.05) is 11.8 Å². The van der Waals surface area contributed by atoms with E-state index in [2.05, 4.69) is 15.9 Å². The second-order valence-electron chi connectivity index (χ2n) is 4.75. The third-order valence-electron chi connectivity index (χ3n) is 3.53.